The maximum atomic E-state index is 13.7. The molecule has 1 aromatic carbocycles. The molecule has 1 saturated heterocycles. The second-order valence-corrected chi connectivity index (χ2v) is 7.19. The topological polar surface area (TPSA) is 95.6 Å². The number of nitrogens with one attached hydrogen (secondary N) is 2. The van der Waals surface area contributed by atoms with Crippen LogP contribution >= 0.6 is 0 Å². The predicted molar refractivity (Wildman–Crippen MR) is 79.8 cm³/mol. The Kier molecular flexibility index (Phi) is 5.32. The van der Waals surface area contributed by atoms with Gasteiger partial charge < -0.3 is 0 Å². The minimum absolute atomic E-state index is 0.120. The summed E-state index contributed by atoms with van der Waals surface area (Å²) in [4.78, 5) is 22.2. The molecular weight excluding hydrogens is 325 g/mol. The van der Waals surface area contributed by atoms with Gasteiger partial charge in [-0.1, -0.05) is 12.1 Å². The number of carbonyl (C=O) groups is 2. The molecule has 0 unspecified atom stereocenters. The highest BCUT2D eigenvalue weighted by Gasteiger charge is 2.33. The lowest BCUT2D eigenvalue weighted by molar-refractivity contribution is -0.131. The van der Waals surface area contributed by atoms with Crippen LogP contribution in [0, 0.1) is 11.7 Å². The Morgan fingerprint density at radius 2 is 1.78 bits per heavy atom. The van der Waals surface area contributed by atoms with Crippen molar-refractivity contribution in [3.63, 3.8) is 0 Å². The van der Waals surface area contributed by atoms with Crippen molar-refractivity contribution in [2.75, 3.05) is 13.1 Å². The summed E-state index contributed by atoms with van der Waals surface area (Å²) in [7, 11) is -3.91. The quantitative estimate of drug-likeness (QED) is 0.776. The molecular formula is C14H18FN3O4S. The van der Waals surface area contributed by atoms with E-state index in [2.05, 4.69) is 10.9 Å². The highest BCUT2D eigenvalue weighted by Crippen LogP contribution is 2.25. The summed E-state index contributed by atoms with van der Waals surface area (Å²) in [5.41, 5.74) is 4.48. The number of hydrogen-bond acceptors (Lipinski definition) is 4. The second-order valence-electron chi connectivity index (χ2n) is 5.28. The van der Waals surface area contributed by atoms with Crippen molar-refractivity contribution in [2.24, 2.45) is 5.92 Å². The van der Waals surface area contributed by atoms with Gasteiger partial charge in [0, 0.05) is 25.9 Å². The van der Waals surface area contributed by atoms with E-state index in [0.717, 1.165) is 6.07 Å². The lowest BCUT2D eigenvalue weighted by Gasteiger charge is -2.30. The number of hydrogen-bond donors (Lipinski definition) is 2. The molecule has 0 aromatic heterocycles. The fourth-order valence-electron chi connectivity index (χ4n) is 2.40. The standard InChI is InChI=1S/C14H18FN3O4S/c1-10(19)16-17-14(20)11-6-8-18(9-7-11)23(21,22)13-5-3-2-4-12(13)15/h2-5,11H,6-9H2,1H3,(H,16,19)(H,17,20). The van der Waals surface area contributed by atoms with Gasteiger partial charge in [0.1, 0.15) is 10.7 Å². The summed E-state index contributed by atoms with van der Waals surface area (Å²) in [5, 5.41) is 0. The van der Waals surface area contributed by atoms with Gasteiger partial charge in [-0.25, -0.2) is 12.8 Å². The van der Waals surface area contributed by atoms with Crippen molar-refractivity contribution < 1.29 is 22.4 Å². The molecule has 9 heteroatoms. The first-order chi connectivity index (χ1) is 10.8. The van der Waals surface area contributed by atoms with Gasteiger partial charge in [-0.05, 0) is 25.0 Å². The molecule has 2 amide bonds. The Labute approximate surface area is 133 Å². The first-order valence-electron chi connectivity index (χ1n) is 7.13. The number of carbonyl (C=O) groups excluding carboxylic acids is 2. The Morgan fingerprint density at radius 1 is 1.17 bits per heavy atom. The summed E-state index contributed by atoms with van der Waals surface area (Å²) < 4.78 is 39.7. The lowest BCUT2D eigenvalue weighted by atomic mass is 9.98. The molecule has 0 bridgehead atoms. The maximum absolute atomic E-state index is 13.7. The third-order valence-electron chi connectivity index (χ3n) is 3.64. The van der Waals surface area contributed by atoms with E-state index in [4.69, 9.17) is 0 Å². The molecule has 1 heterocycles. The third-order valence-corrected chi connectivity index (χ3v) is 5.57. The van der Waals surface area contributed by atoms with Gasteiger partial charge in [-0.3, -0.25) is 20.4 Å². The van der Waals surface area contributed by atoms with E-state index in [1.54, 1.807) is 0 Å². The van der Waals surface area contributed by atoms with Gasteiger partial charge in [-0.2, -0.15) is 4.31 Å². The molecule has 0 atom stereocenters. The molecule has 1 aromatic rings. The summed E-state index contributed by atoms with van der Waals surface area (Å²) >= 11 is 0. The molecule has 23 heavy (non-hydrogen) atoms. The smallest absolute Gasteiger partial charge is 0.245 e. The summed E-state index contributed by atoms with van der Waals surface area (Å²) in [6.07, 6.45) is 0.609. The molecule has 1 aliphatic heterocycles. The number of piperidine rings is 1. The molecule has 7 nitrogen and oxygen atoms in total. The van der Waals surface area contributed by atoms with Crippen molar-refractivity contribution in [2.45, 2.75) is 24.7 Å². The lowest BCUT2D eigenvalue weighted by Crippen LogP contribution is -2.47. The predicted octanol–water partition coefficient (Wildman–Crippen LogP) is 0.394. The highest BCUT2D eigenvalue weighted by molar-refractivity contribution is 7.89. The van der Waals surface area contributed by atoms with Crippen molar-refractivity contribution in [1.29, 1.82) is 0 Å². The Bertz CT molecular complexity index is 700. The van der Waals surface area contributed by atoms with Crippen LogP contribution in [0.25, 0.3) is 0 Å². The Morgan fingerprint density at radius 3 is 2.35 bits per heavy atom. The zero-order valence-electron chi connectivity index (χ0n) is 12.6. The van der Waals surface area contributed by atoms with Crippen molar-refractivity contribution in [3.8, 4) is 0 Å². The second kappa shape index (κ2) is 7.05. The molecule has 1 fully saturated rings. The maximum Gasteiger partial charge on any atom is 0.245 e. The first-order valence-corrected chi connectivity index (χ1v) is 8.57. The van der Waals surface area contributed by atoms with Crippen LogP contribution in [0.15, 0.2) is 29.2 Å². The molecule has 0 spiro atoms. The first kappa shape index (κ1) is 17.4. The minimum atomic E-state index is -3.91. The number of rotatable bonds is 3. The monoisotopic (exact) mass is 343 g/mol. The van der Waals surface area contributed by atoms with E-state index < -0.39 is 27.7 Å². The van der Waals surface area contributed by atoms with Crippen molar-refractivity contribution in [3.05, 3.63) is 30.1 Å². The largest absolute Gasteiger partial charge is 0.274 e. The summed E-state index contributed by atoms with van der Waals surface area (Å²) in [6.45, 7) is 1.51. The molecule has 0 aliphatic carbocycles. The van der Waals surface area contributed by atoms with Gasteiger partial charge in [0.05, 0.1) is 0 Å². The van der Waals surface area contributed by atoms with Crippen LogP contribution in [0.1, 0.15) is 19.8 Å². The fraction of sp³-hybridized carbons (Fsp3) is 0.429. The van der Waals surface area contributed by atoms with E-state index in [1.807, 2.05) is 0 Å². The number of hydrazine groups is 1. The number of amides is 2. The minimum Gasteiger partial charge on any atom is -0.274 e. The molecule has 2 N–H and O–H groups in total. The van der Waals surface area contributed by atoms with Crippen LogP contribution in [0.2, 0.25) is 0 Å². The number of halogens is 1. The van der Waals surface area contributed by atoms with E-state index in [0.29, 0.717) is 12.8 Å². The summed E-state index contributed by atoms with van der Waals surface area (Å²) in [5.74, 6) is -1.94. The van der Waals surface area contributed by atoms with Crippen LogP contribution in [-0.2, 0) is 19.6 Å². The van der Waals surface area contributed by atoms with Crippen LogP contribution < -0.4 is 10.9 Å². The van der Waals surface area contributed by atoms with Crippen molar-refractivity contribution in [1.82, 2.24) is 15.2 Å². The van der Waals surface area contributed by atoms with E-state index >= 15 is 0 Å². The Balaban J connectivity index is 2.00. The van der Waals surface area contributed by atoms with E-state index in [-0.39, 0.29) is 23.9 Å². The van der Waals surface area contributed by atoms with E-state index in [9.17, 15) is 22.4 Å². The Hall–Kier alpha value is -2.00. The molecule has 0 radical (unpaired) electrons. The van der Waals surface area contributed by atoms with Gasteiger partial charge >= 0.3 is 0 Å². The van der Waals surface area contributed by atoms with Crippen LogP contribution in [0.5, 0.6) is 0 Å². The average Bonchev–Trinajstić information content (AvgIpc) is 2.53. The van der Waals surface area contributed by atoms with Gasteiger partial charge in [-0.15, -0.1) is 0 Å². The highest BCUT2D eigenvalue weighted by atomic mass is 32.2. The van der Waals surface area contributed by atoms with Crippen molar-refractivity contribution >= 4 is 21.8 Å². The molecule has 0 saturated carbocycles. The SMILES string of the molecule is CC(=O)NNC(=O)C1CCN(S(=O)(=O)c2ccccc2F)CC1. The molecule has 1 aliphatic rings. The molecule has 2 rings (SSSR count). The van der Waals surface area contributed by atoms with Gasteiger partial charge in [0.15, 0.2) is 0 Å². The number of sulfonamides is 1. The fourth-order valence-corrected chi connectivity index (χ4v) is 3.94. The van der Waals surface area contributed by atoms with Crippen LogP contribution in [0.4, 0.5) is 4.39 Å². The summed E-state index contributed by atoms with van der Waals surface area (Å²) in [6, 6.07) is 5.21. The third kappa shape index (κ3) is 4.05. The number of benzene rings is 1. The zero-order valence-corrected chi connectivity index (χ0v) is 13.4. The zero-order chi connectivity index (χ0) is 17.0. The van der Waals surface area contributed by atoms with Crippen LogP contribution in [-0.4, -0.2) is 37.6 Å². The van der Waals surface area contributed by atoms with Crippen LogP contribution in [0.3, 0.4) is 0 Å². The molecule has 126 valence electrons. The van der Waals surface area contributed by atoms with E-state index in [1.165, 1.54) is 29.4 Å². The number of nitrogens with zero attached hydrogens (tertiary/aromatic N) is 1. The van der Waals surface area contributed by atoms with Gasteiger partial charge in [0.2, 0.25) is 21.8 Å². The normalized spacial score (nSPS) is 16.8. The van der Waals surface area contributed by atoms with Gasteiger partial charge in [0.25, 0.3) is 0 Å². The average molecular weight is 343 g/mol.